The second-order valence-electron chi connectivity index (χ2n) is 10.8. The zero-order chi connectivity index (χ0) is 23.2. The highest BCUT2D eigenvalue weighted by Crippen LogP contribution is 2.62. The number of aromatic nitrogens is 2. The van der Waals surface area contributed by atoms with Crippen LogP contribution in [0.5, 0.6) is 0 Å². The molecule has 168 valence electrons. The maximum absolute atomic E-state index is 4.92. The maximum Gasteiger partial charge on any atom is 0.178 e. The SMILES string of the molecule is Cc1cc2ccc1N1c3nccnc3N3c4ccccc4C(C)(C)C(C)(Cc4ccc-2cc4)C13. The summed E-state index contributed by atoms with van der Waals surface area (Å²) in [4.78, 5) is 14.7. The predicted octanol–water partition coefficient (Wildman–Crippen LogP) is 6.92. The van der Waals surface area contributed by atoms with Crippen LogP contribution in [0.25, 0.3) is 11.1 Å². The summed E-state index contributed by atoms with van der Waals surface area (Å²) in [5.41, 5.74) is 8.69. The molecule has 0 aliphatic carbocycles. The Labute approximate surface area is 200 Å². The van der Waals surface area contributed by atoms with Crippen LogP contribution >= 0.6 is 0 Å². The number of nitrogens with zero attached hydrogens (tertiary/aromatic N) is 4. The first-order valence-electron chi connectivity index (χ1n) is 12.1. The van der Waals surface area contributed by atoms with E-state index in [0.29, 0.717) is 0 Å². The smallest absolute Gasteiger partial charge is 0.178 e. The monoisotopic (exact) mass is 444 g/mol. The fraction of sp³-hybridized carbons (Fsp3) is 0.267. The van der Waals surface area contributed by atoms with Crippen LogP contribution in [-0.2, 0) is 11.8 Å². The van der Waals surface area contributed by atoms with E-state index >= 15 is 0 Å². The number of hydrogen-bond acceptors (Lipinski definition) is 4. The van der Waals surface area contributed by atoms with E-state index in [1.165, 1.54) is 39.2 Å². The third-order valence-corrected chi connectivity index (χ3v) is 8.76. The van der Waals surface area contributed by atoms with Crippen LogP contribution in [0, 0.1) is 12.3 Å². The van der Waals surface area contributed by atoms with Crippen molar-refractivity contribution in [3.8, 4) is 11.1 Å². The first kappa shape index (κ1) is 19.8. The molecule has 4 aromatic rings. The zero-order valence-electron chi connectivity index (χ0n) is 20.1. The Morgan fingerprint density at radius 2 is 1.41 bits per heavy atom. The van der Waals surface area contributed by atoms with E-state index in [1.54, 1.807) is 0 Å². The zero-order valence-corrected chi connectivity index (χ0v) is 20.1. The average molecular weight is 445 g/mol. The molecule has 5 aliphatic rings. The molecule has 6 heterocycles. The first-order chi connectivity index (χ1) is 16.4. The number of para-hydroxylation sites is 1. The van der Waals surface area contributed by atoms with Crippen molar-refractivity contribution >= 4 is 23.0 Å². The Kier molecular flexibility index (Phi) is 3.76. The van der Waals surface area contributed by atoms with Crippen molar-refractivity contribution in [1.82, 2.24) is 9.97 Å². The normalized spacial score (nSPS) is 23.1. The molecule has 9 rings (SSSR count). The van der Waals surface area contributed by atoms with E-state index < -0.39 is 0 Å². The van der Waals surface area contributed by atoms with Gasteiger partial charge in [-0.15, -0.1) is 0 Å². The highest BCUT2D eigenvalue weighted by atomic mass is 15.5. The first-order valence-corrected chi connectivity index (χ1v) is 12.1. The van der Waals surface area contributed by atoms with Gasteiger partial charge in [0.05, 0.1) is 0 Å². The van der Waals surface area contributed by atoms with E-state index in [1.807, 2.05) is 12.4 Å². The van der Waals surface area contributed by atoms with Gasteiger partial charge in [-0.1, -0.05) is 69.3 Å². The quantitative estimate of drug-likeness (QED) is 0.295. The standard InChI is InChI=1S/C30H28N4/c1-19-17-22-13-14-24(19)33-26-27(32-16-15-31-26)34-25-8-6-5-7-23(25)29(2,3)30(4,28(33)34)18-20-9-11-21(22)12-10-20/h5-17,28H,18H2,1-4H3. The lowest BCUT2D eigenvalue weighted by atomic mass is 9.56. The van der Waals surface area contributed by atoms with Gasteiger partial charge in [-0.2, -0.15) is 0 Å². The highest BCUT2D eigenvalue weighted by Gasteiger charge is 2.60. The summed E-state index contributed by atoms with van der Waals surface area (Å²) in [7, 11) is 0. The van der Waals surface area contributed by atoms with E-state index in [-0.39, 0.29) is 17.0 Å². The van der Waals surface area contributed by atoms with Crippen molar-refractivity contribution in [3.63, 3.8) is 0 Å². The van der Waals surface area contributed by atoms with Gasteiger partial charge in [0.1, 0.15) is 6.17 Å². The lowest BCUT2D eigenvalue weighted by molar-refractivity contribution is 0.121. The van der Waals surface area contributed by atoms with Crippen molar-refractivity contribution in [1.29, 1.82) is 0 Å². The number of fused-ring (bicyclic) bond motifs is 6. The van der Waals surface area contributed by atoms with Gasteiger partial charge in [-0.25, -0.2) is 9.97 Å². The molecule has 3 aromatic carbocycles. The Morgan fingerprint density at radius 3 is 2.12 bits per heavy atom. The number of hydrogen-bond donors (Lipinski definition) is 0. The van der Waals surface area contributed by atoms with E-state index in [9.17, 15) is 0 Å². The molecule has 34 heavy (non-hydrogen) atoms. The van der Waals surface area contributed by atoms with Gasteiger partial charge in [0.25, 0.3) is 0 Å². The van der Waals surface area contributed by atoms with Crippen LogP contribution < -0.4 is 9.80 Å². The molecule has 4 bridgehead atoms. The van der Waals surface area contributed by atoms with E-state index in [0.717, 1.165) is 18.1 Å². The van der Waals surface area contributed by atoms with Gasteiger partial charge >= 0.3 is 0 Å². The minimum atomic E-state index is -0.143. The fourth-order valence-electron chi connectivity index (χ4n) is 6.57. The molecular weight excluding hydrogens is 416 g/mol. The summed E-state index contributed by atoms with van der Waals surface area (Å²) in [6.45, 7) is 9.52. The predicted molar refractivity (Wildman–Crippen MR) is 138 cm³/mol. The minimum absolute atomic E-state index is 0.0402. The van der Waals surface area contributed by atoms with Crippen LogP contribution in [0.4, 0.5) is 23.0 Å². The summed E-state index contributed by atoms with van der Waals surface area (Å²) < 4.78 is 0. The topological polar surface area (TPSA) is 32.3 Å². The van der Waals surface area contributed by atoms with Crippen molar-refractivity contribution < 1.29 is 0 Å². The lowest BCUT2D eigenvalue weighted by Gasteiger charge is -2.58. The molecule has 0 saturated heterocycles. The molecule has 5 aliphatic heterocycles. The third kappa shape index (κ3) is 2.33. The van der Waals surface area contributed by atoms with Gasteiger partial charge < -0.3 is 9.80 Å². The van der Waals surface area contributed by atoms with Crippen LogP contribution in [0.15, 0.2) is 79.1 Å². The van der Waals surface area contributed by atoms with Crippen LogP contribution in [-0.4, -0.2) is 16.1 Å². The molecule has 0 fully saturated rings. The van der Waals surface area contributed by atoms with Gasteiger partial charge in [-0.3, -0.25) is 0 Å². The average Bonchev–Trinajstić information content (AvgIpc) is 3.18. The molecule has 1 aromatic heterocycles. The molecule has 0 N–H and O–H groups in total. The van der Waals surface area contributed by atoms with Crippen LogP contribution in [0.1, 0.15) is 37.5 Å². The van der Waals surface area contributed by atoms with Crippen molar-refractivity contribution in [2.75, 3.05) is 9.80 Å². The summed E-state index contributed by atoms with van der Waals surface area (Å²) in [6, 6.07) is 24.9. The van der Waals surface area contributed by atoms with Gasteiger partial charge in [-0.05, 0) is 59.4 Å². The number of anilines is 4. The van der Waals surface area contributed by atoms with Gasteiger partial charge in [0, 0.05) is 34.6 Å². The highest BCUT2D eigenvalue weighted by molar-refractivity contribution is 5.88. The molecule has 4 nitrogen and oxygen atoms in total. The van der Waals surface area contributed by atoms with Crippen molar-refractivity contribution in [3.05, 3.63) is 95.8 Å². The van der Waals surface area contributed by atoms with Gasteiger partial charge in [0.2, 0.25) is 0 Å². The molecule has 0 spiro atoms. The Balaban J connectivity index is 1.62. The van der Waals surface area contributed by atoms with Crippen LogP contribution in [0.2, 0.25) is 0 Å². The molecule has 0 saturated carbocycles. The lowest BCUT2D eigenvalue weighted by Crippen LogP contribution is -2.62. The van der Waals surface area contributed by atoms with E-state index in [4.69, 9.17) is 9.97 Å². The maximum atomic E-state index is 4.92. The second-order valence-corrected chi connectivity index (χ2v) is 10.8. The summed E-state index contributed by atoms with van der Waals surface area (Å²) >= 11 is 0. The largest absolute Gasteiger partial charge is 0.301 e. The van der Waals surface area contributed by atoms with E-state index in [2.05, 4.69) is 104 Å². The molecular formula is C30H28N4. The Bertz CT molecular complexity index is 1460. The Morgan fingerprint density at radius 1 is 0.765 bits per heavy atom. The minimum Gasteiger partial charge on any atom is -0.301 e. The van der Waals surface area contributed by atoms with Crippen molar-refractivity contribution in [2.24, 2.45) is 5.41 Å². The number of benzene rings is 3. The number of rotatable bonds is 0. The fourth-order valence-corrected chi connectivity index (χ4v) is 6.57. The summed E-state index contributed by atoms with van der Waals surface area (Å²) in [5, 5.41) is 0. The molecule has 0 radical (unpaired) electrons. The molecule has 2 atom stereocenters. The van der Waals surface area contributed by atoms with Crippen molar-refractivity contribution in [2.45, 2.75) is 45.7 Å². The van der Waals surface area contributed by atoms with Gasteiger partial charge in [0.15, 0.2) is 11.6 Å². The number of aryl methyl sites for hydroxylation is 1. The molecule has 2 unspecified atom stereocenters. The summed E-state index contributed by atoms with van der Waals surface area (Å²) in [6.07, 6.45) is 4.64. The Hall–Kier alpha value is -3.66. The third-order valence-electron chi connectivity index (χ3n) is 8.76. The molecule has 0 amide bonds. The second kappa shape index (κ2) is 6.47. The molecule has 4 heteroatoms. The summed E-state index contributed by atoms with van der Waals surface area (Å²) in [5.74, 6) is 1.88. The van der Waals surface area contributed by atoms with Crippen LogP contribution in [0.3, 0.4) is 0 Å².